The van der Waals surface area contributed by atoms with E-state index in [1.54, 1.807) is 36.4 Å². The van der Waals surface area contributed by atoms with Crippen molar-refractivity contribution in [2.45, 2.75) is 23.8 Å². The standard InChI is InChI=1S/C21H25N3O5S/c1-29-18-7-9-19(10-8-18)30(27,28)24-13-11-17(12-14-24)23-20(25)15-22-21(26)16-5-3-2-4-6-16/h2-10,17H,11-15H2,1H3,(H,22,26)(H,23,25). The van der Waals surface area contributed by atoms with Crippen molar-refractivity contribution in [1.82, 2.24) is 14.9 Å². The molecule has 9 heteroatoms. The van der Waals surface area contributed by atoms with Crippen LogP contribution in [0, 0.1) is 0 Å². The molecule has 160 valence electrons. The highest BCUT2D eigenvalue weighted by Gasteiger charge is 2.30. The van der Waals surface area contributed by atoms with E-state index in [-0.39, 0.29) is 29.3 Å². The zero-order chi connectivity index (χ0) is 21.6. The molecule has 8 nitrogen and oxygen atoms in total. The molecule has 2 aromatic rings. The monoisotopic (exact) mass is 431 g/mol. The number of rotatable bonds is 7. The van der Waals surface area contributed by atoms with Crippen molar-refractivity contribution in [3.05, 3.63) is 60.2 Å². The summed E-state index contributed by atoms with van der Waals surface area (Å²) in [5.74, 6) is -0.0170. The SMILES string of the molecule is COc1ccc(S(=O)(=O)N2CCC(NC(=O)CNC(=O)c3ccccc3)CC2)cc1. The Bertz CT molecular complexity index is 969. The summed E-state index contributed by atoms with van der Waals surface area (Å²) in [7, 11) is -2.06. The van der Waals surface area contributed by atoms with Gasteiger partial charge in [0.05, 0.1) is 18.6 Å². The highest BCUT2D eigenvalue weighted by Crippen LogP contribution is 2.22. The van der Waals surface area contributed by atoms with E-state index in [2.05, 4.69) is 10.6 Å². The summed E-state index contributed by atoms with van der Waals surface area (Å²) in [6.07, 6.45) is 1.02. The highest BCUT2D eigenvalue weighted by atomic mass is 32.2. The minimum atomic E-state index is -3.58. The lowest BCUT2D eigenvalue weighted by Crippen LogP contribution is -2.48. The van der Waals surface area contributed by atoms with Crippen molar-refractivity contribution in [1.29, 1.82) is 0 Å². The Hall–Kier alpha value is -2.91. The molecule has 2 N–H and O–H groups in total. The Labute approximate surface area is 176 Å². The molecular formula is C21H25N3O5S. The van der Waals surface area contributed by atoms with Gasteiger partial charge >= 0.3 is 0 Å². The second kappa shape index (κ2) is 9.73. The number of amides is 2. The van der Waals surface area contributed by atoms with Crippen molar-refractivity contribution in [2.24, 2.45) is 0 Å². The van der Waals surface area contributed by atoms with Gasteiger partial charge in [-0.25, -0.2) is 8.42 Å². The van der Waals surface area contributed by atoms with Crippen LogP contribution >= 0.6 is 0 Å². The van der Waals surface area contributed by atoms with Crippen LogP contribution in [-0.4, -0.2) is 57.3 Å². The van der Waals surface area contributed by atoms with Gasteiger partial charge < -0.3 is 15.4 Å². The molecule has 0 radical (unpaired) electrons. The number of benzene rings is 2. The molecule has 0 unspecified atom stereocenters. The van der Waals surface area contributed by atoms with E-state index in [4.69, 9.17) is 4.74 Å². The van der Waals surface area contributed by atoms with Gasteiger partial charge in [0.1, 0.15) is 5.75 Å². The molecule has 1 aliphatic heterocycles. The molecule has 0 atom stereocenters. The van der Waals surface area contributed by atoms with Gasteiger partial charge in [0, 0.05) is 24.7 Å². The Morgan fingerprint density at radius 3 is 2.27 bits per heavy atom. The normalized spacial score (nSPS) is 15.4. The summed E-state index contributed by atoms with van der Waals surface area (Å²) in [5.41, 5.74) is 0.488. The quantitative estimate of drug-likeness (QED) is 0.689. The molecule has 30 heavy (non-hydrogen) atoms. The number of hydrogen-bond donors (Lipinski definition) is 2. The Morgan fingerprint density at radius 1 is 1.03 bits per heavy atom. The number of piperidine rings is 1. The number of carbonyl (C=O) groups excluding carboxylic acids is 2. The molecule has 2 aromatic carbocycles. The van der Waals surface area contributed by atoms with E-state index < -0.39 is 10.0 Å². The van der Waals surface area contributed by atoms with Crippen molar-refractivity contribution >= 4 is 21.8 Å². The summed E-state index contributed by atoms with van der Waals surface area (Å²) in [6, 6.07) is 14.8. The predicted molar refractivity (Wildman–Crippen MR) is 112 cm³/mol. The van der Waals surface area contributed by atoms with E-state index in [9.17, 15) is 18.0 Å². The third kappa shape index (κ3) is 5.37. The predicted octanol–water partition coefficient (Wildman–Crippen LogP) is 1.39. The van der Waals surface area contributed by atoms with E-state index >= 15 is 0 Å². The van der Waals surface area contributed by atoms with Crippen LogP contribution in [0.5, 0.6) is 5.75 Å². The largest absolute Gasteiger partial charge is 0.497 e. The smallest absolute Gasteiger partial charge is 0.251 e. The Balaban J connectivity index is 1.46. The minimum Gasteiger partial charge on any atom is -0.497 e. The van der Waals surface area contributed by atoms with Crippen LogP contribution in [-0.2, 0) is 14.8 Å². The molecule has 0 spiro atoms. The van der Waals surface area contributed by atoms with Gasteiger partial charge in [0.2, 0.25) is 15.9 Å². The molecule has 1 aliphatic rings. The van der Waals surface area contributed by atoms with Gasteiger partial charge in [-0.3, -0.25) is 9.59 Å². The van der Waals surface area contributed by atoms with Crippen molar-refractivity contribution in [3.63, 3.8) is 0 Å². The molecule has 1 heterocycles. The van der Waals surface area contributed by atoms with E-state index in [1.807, 2.05) is 6.07 Å². The number of hydrogen-bond acceptors (Lipinski definition) is 5. The molecule has 0 saturated carbocycles. The van der Waals surface area contributed by atoms with Gasteiger partial charge in [-0.1, -0.05) is 18.2 Å². The lowest BCUT2D eigenvalue weighted by atomic mass is 10.1. The first-order valence-electron chi connectivity index (χ1n) is 9.67. The van der Waals surface area contributed by atoms with E-state index in [1.165, 1.54) is 23.5 Å². The first kappa shape index (κ1) is 21.8. The van der Waals surface area contributed by atoms with Crippen LogP contribution in [0.1, 0.15) is 23.2 Å². The lowest BCUT2D eigenvalue weighted by molar-refractivity contribution is -0.121. The maximum atomic E-state index is 12.8. The fraction of sp³-hybridized carbons (Fsp3) is 0.333. The topological polar surface area (TPSA) is 105 Å². The van der Waals surface area contributed by atoms with Crippen LogP contribution in [0.15, 0.2) is 59.5 Å². The second-order valence-corrected chi connectivity index (χ2v) is 8.91. The number of nitrogens with zero attached hydrogens (tertiary/aromatic N) is 1. The first-order chi connectivity index (χ1) is 14.4. The molecule has 3 rings (SSSR count). The average molecular weight is 432 g/mol. The molecule has 0 bridgehead atoms. The third-order valence-corrected chi connectivity index (χ3v) is 6.87. The highest BCUT2D eigenvalue weighted by molar-refractivity contribution is 7.89. The maximum Gasteiger partial charge on any atom is 0.251 e. The fourth-order valence-corrected chi connectivity index (χ4v) is 4.74. The summed E-state index contributed by atoms with van der Waals surface area (Å²) in [4.78, 5) is 24.4. The van der Waals surface area contributed by atoms with Gasteiger partial charge in [0.25, 0.3) is 5.91 Å². The van der Waals surface area contributed by atoms with Crippen LogP contribution in [0.2, 0.25) is 0 Å². The molecule has 1 saturated heterocycles. The number of methoxy groups -OCH3 is 1. The van der Waals surface area contributed by atoms with Gasteiger partial charge in [0.15, 0.2) is 0 Å². The summed E-state index contributed by atoms with van der Waals surface area (Å²) in [5, 5.41) is 5.45. The molecular weight excluding hydrogens is 406 g/mol. The minimum absolute atomic E-state index is 0.127. The van der Waals surface area contributed by atoms with E-state index in [0.29, 0.717) is 37.2 Å². The Kier molecular flexibility index (Phi) is 7.07. The van der Waals surface area contributed by atoms with Crippen LogP contribution in [0.3, 0.4) is 0 Å². The second-order valence-electron chi connectivity index (χ2n) is 6.97. The van der Waals surface area contributed by atoms with Gasteiger partial charge in [-0.2, -0.15) is 4.31 Å². The molecule has 0 aromatic heterocycles. The molecule has 1 fully saturated rings. The van der Waals surface area contributed by atoms with Gasteiger partial charge in [-0.05, 0) is 49.2 Å². The maximum absolute atomic E-state index is 12.8. The van der Waals surface area contributed by atoms with E-state index in [0.717, 1.165) is 0 Å². The van der Waals surface area contributed by atoms with Gasteiger partial charge in [-0.15, -0.1) is 0 Å². The van der Waals surface area contributed by atoms with Crippen LogP contribution in [0.4, 0.5) is 0 Å². The number of sulfonamides is 1. The van der Waals surface area contributed by atoms with Crippen molar-refractivity contribution in [3.8, 4) is 5.75 Å². The van der Waals surface area contributed by atoms with Crippen molar-refractivity contribution < 1.29 is 22.7 Å². The zero-order valence-electron chi connectivity index (χ0n) is 16.7. The fourth-order valence-electron chi connectivity index (χ4n) is 3.27. The summed E-state index contributed by atoms with van der Waals surface area (Å²) in [6.45, 7) is 0.503. The Morgan fingerprint density at radius 2 is 1.67 bits per heavy atom. The summed E-state index contributed by atoms with van der Waals surface area (Å²) >= 11 is 0. The summed E-state index contributed by atoms with van der Waals surface area (Å²) < 4.78 is 32.0. The number of nitrogens with one attached hydrogen (secondary N) is 2. The zero-order valence-corrected chi connectivity index (χ0v) is 17.5. The number of carbonyl (C=O) groups is 2. The number of ether oxygens (including phenoxy) is 1. The van der Waals surface area contributed by atoms with Crippen LogP contribution in [0.25, 0.3) is 0 Å². The molecule has 2 amide bonds. The van der Waals surface area contributed by atoms with Crippen LogP contribution < -0.4 is 15.4 Å². The lowest BCUT2D eigenvalue weighted by Gasteiger charge is -2.31. The molecule has 0 aliphatic carbocycles. The average Bonchev–Trinajstić information content (AvgIpc) is 2.78. The third-order valence-electron chi connectivity index (χ3n) is 4.96. The van der Waals surface area contributed by atoms with Crippen molar-refractivity contribution in [2.75, 3.05) is 26.7 Å². The first-order valence-corrected chi connectivity index (χ1v) is 11.1.